The van der Waals surface area contributed by atoms with E-state index in [9.17, 15) is 9.59 Å². The fourth-order valence-electron chi connectivity index (χ4n) is 2.89. The molecule has 2 amide bonds. The number of nitrogens with zero attached hydrogens (tertiary/aromatic N) is 2. The first-order valence-corrected chi connectivity index (χ1v) is 8.72. The second kappa shape index (κ2) is 8.87. The van der Waals surface area contributed by atoms with Gasteiger partial charge in [-0.3, -0.25) is 9.59 Å². The quantitative estimate of drug-likeness (QED) is 0.731. The molecule has 1 fully saturated rings. The normalized spacial score (nSPS) is 17.2. The summed E-state index contributed by atoms with van der Waals surface area (Å²) in [5.41, 5.74) is 0. The van der Waals surface area contributed by atoms with E-state index < -0.39 is 0 Å². The molecule has 6 heteroatoms. The molecule has 0 aliphatic carbocycles. The Morgan fingerprint density at radius 2 is 2.12 bits per heavy atom. The van der Waals surface area contributed by atoms with E-state index in [1.54, 1.807) is 16.1 Å². The van der Waals surface area contributed by atoms with Crippen molar-refractivity contribution in [3.05, 3.63) is 24.2 Å². The van der Waals surface area contributed by atoms with Crippen molar-refractivity contribution in [3.8, 4) is 0 Å². The number of rotatable bonds is 8. The fourth-order valence-corrected chi connectivity index (χ4v) is 2.89. The van der Waals surface area contributed by atoms with Crippen LogP contribution < -0.4 is 0 Å². The number of carbonyl (C=O) groups excluding carboxylic acids is 2. The highest BCUT2D eigenvalue weighted by atomic mass is 16.5. The summed E-state index contributed by atoms with van der Waals surface area (Å²) >= 11 is 0. The van der Waals surface area contributed by atoms with Crippen LogP contribution in [-0.2, 0) is 20.9 Å². The van der Waals surface area contributed by atoms with Gasteiger partial charge in [0.2, 0.25) is 11.8 Å². The molecule has 1 aliphatic rings. The van der Waals surface area contributed by atoms with E-state index >= 15 is 0 Å². The first-order valence-electron chi connectivity index (χ1n) is 8.72. The molecule has 134 valence electrons. The SMILES string of the molecule is CCC(=O)N(CC(=O)N(Cc1ccco1)C[C@H]1CCCO1)C(C)C. The lowest BCUT2D eigenvalue weighted by molar-refractivity contribution is -0.143. The Labute approximate surface area is 143 Å². The highest BCUT2D eigenvalue weighted by Gasteiger charge is 2.26. The van der Waals surface area contributed by atoms with Gasteiger partial charge in [0, 0.05) is 25.6 Å². The molecule has 0 unspecified atom stereocenters. The van der Waals surface area contributed by atoms with Gasteiger partial charge in [-0.05, 0) is 38.8 Å². The smallest absolute Gasteiger partial charge is 0.242 e. The van der Waals surface area contributed by atoms with Gasteiger partial charge in [0.05, 0.1) is 25.5 Å². The van der Waals surface area contributed by atoms with Gasteiger partial charge in [-0.25, -0.2) is 0 Å². The Morgan fingerprint density at radius 3 is 2.67 bits per heavy atom. The van der Waals surface area contributed by atoms with E-state index in [1.165, 1.54) is 0 Å². The van der Waals surface area contributed by atoms with E-state index in [0.717, 1.165) is 25.2 Å². The summed E-state index contributed by atoms with van der Waals surface area (Å²) in [4.78, 5) is 28.3. The first-order chi connectivity index (χ1) is 11.5. The van der Waals surface area contributed by atoms with Crippen LogP contribution in [0.2, 0.25) is 0 Å². The van der Waals surface area contributed by atoms with E-state index in [1.807, 2.05) is 32.9 Å². The first kappa shape index (κ1) is 18.5. The molecule has 1 saturated heterocycles. The molecule has 1 atom stereocenters. The highest BCUT2D eigenvalue weighted by molar-refractivity contribution is 5.85. The van der Waals surface area contributed by atoms with Crippen molar-refractivity contribution in [2.75, 3.05) is 19.7 Å². The molecule has 1 aromatic heterocycles. The maximum Gasteiger partial charge on any atom is 0.242 e. The van der Waals surface area contributed by atoms with Gasteiger partial charge in [-0.1, -0.05) is 6.92 Å². The predicted octanol–water partition coefficient (Wildman–Crippen LogP) is 2.43. The Balaban J connectivity index is 2.05. The van der Waals surface area contributed by atoms with Gasteiger partial charge in [0.1, 0.15) is 5.76 Å². The molecule has 0 spiro atoms. The van der Waals surface area contributed by atoms with Crippen LogP contribution >= 0.6 is 0 Å². The standard InChI is InChI=1S/C18H28N2O4/c1-4-17(21)20(14(2)3)13-18(22)19(11-15-7-5-9-23-15)12-16-8-6-10-24-16/h5,7,9,14,16H,4,6,8,10-13H2,1-3H3/t16-/m1/s1. The number of carbonyl (C=O) groups is 2. The van der Waals surface area contributed by atoms with Crippen LogP contribution in [0.5, 0.6) is 0 Å². The van der Waals surface area contributed by atoms with E-state index in [2.05, 4.69) is 0 Å². The Morgan fingerprint density at radius 1 is 1.33 bits per heavy atom. The maximum absolute atomic E-state index is 12.8. The second-order valence-electron chi connectivity index (χ2n) is 6.46. The van der Waals surface area contributed by atoms with Gasteiger partial charge in [0.15, 0.2) is 0 Å². The summed E-state index contributed by atoms with van der Waals surface area (Å²) in [6.07, 6.45) is 4.06. The zero-order chi connectivity index (χ0) is 17.5. The van der Waals surface area contributed by atoms with Crippen LogP contribution in [0.4, 0.5) is 0 Å². The Kier molecular flexibility index (Phi) is 6.85. The third kappa shape index (κ3) is 5.09. The molecule has 24 heavy (non-hydrogen) atoms. The summed E-state index contributed by atoms with van der Waals surface area (Å²) in [6.45, 7) is 7.45. The molecule has 0 bridgehead atoms. The Hall–Kier alpha value is -1.82. The van der Waals surface area contributed by atoms with Gasteiger partial charge >= 0.3 is 0 Å². The Bertz CT molecular complexity index is 521. The lowest BCUT2D eigenvalue weighted by Gasteiger charge is -2.30. The summed E-state index contributed by atoms with van der Waals surface area (Å²) in [5, 5.41) is 0. The van der Waals surface area contributed by atoms with Crippen LogP contribution in [0.15, 0.2) is 22.8 Å². The molecular weight excluding hydrogens is 308 g/mol. The molecule has 0 N–H and O–H groups in total. The molecule has 0 saturated carbocycles. The molecule has 6 nitrogen and oxygen atoms in total. The summed E-state index contributed by atoms with van der Waals surface area (Å²) < 4.78 is 11.1. The third-order valence-corrected chi connectivity index (χ3v) is 4.28. The molecule has 1 aliphatic heterocycles. The molecule has 1 aromatic rings. The van der Waals surface area contributed by atoms with Crippen LogP contribution in [-0.4, -0.2) is 53.5 Å². The van der Waals surface area contributed by atoms with E-state index in [4.69, 9.17) is 9.15 Å². The molecule has 0 radical (unpaired) electrons. The number of furan rings is 1. The molecule has 2 heterocycles. The summed E-state index contributed by atoms with van der Waals surface area (Å²) in [6, 6.07) is 3.66. The van der Waals surface area contributed by atoms with E-state index in [-0.39, 0.29) is 30.5 Å². The van der Waals surface area contributed by atoms with E-state index in [0.29, 0.717) is 19.5 Å². The van der Waals surface area contributed by atoms with Crippen molar-refractivity contribution in [1.82, 2.24) is 9.80 Å². The van der Waals surface area contributed by atoms with Gasteiger partial charge < -0.3 is 19.0 Å². The zero-order valence-corrected chi connectivity index (χ0v) is 14.9. The topological polar surface area (TPSA) is 63.0 Å². The third-order valence-electron chi connectivity index (χ3n) is 4.28. The lowest BCUT2D eigenvalue weighted by Crippen LogP contribution is -2.47. The van der Waals surface area contributed by atoms with Crippen LogP contribution in [0, 0.1) is 0 Å². The molecular formula is C18H28N2O4. The number of amides is 2. The zero-order valence-electron chi connectivity index (χ0n) is 14.9. The van der Waals surface area contributed by atoms with Crippen LogP contribution in [0.3, 0.4) is 0 Å². The van der Waals surface area contributed by atoms with Crippen molar-refractivity contribution in [2.45, 2.75) is 58.7 Å². The lowest BCUT2D eigenvalue weighted by atomic mass is 10.2. The number of hydrogen-bond acceptors (Lipinski definition) is 4. The highest BCUT2D eigenvalue weighted by Crippen LogP contribution is 2.16. The summed E-state index contributed by atoms with van der Waals surface area (Å²) in [7, 11) is 0. The van der Waals surface area contributed by atoms with Gasteiger partial charge in [0.25, 0.3) is 0 Å². The monoisotopic (exact) mass is 336 g/mol. The fraction of sp³-hybridized carbons (Fsp3) is 0.667. The van der Waals surface area contributed by atoms with Gasteiger partial charge in [-0.2, -0.15) is 0 Å². The van der Waals surface area contributed by atoms with Gasteiger partial charge in [-0.15, -0.1) is 0 Å². The number of hydrogen-bond donors (Lipinski definition) is 0. The maximum atomic E-state index is 12.8. The number of ether oxygens (including phenoxy) is 1. The van der Waals surface area contributed by atoms with Crippen molar-refractivity contribution in [3.63, 3.8) is 0 Å². The van der Waals surface area contributed by atoms with Crippen LogP contribution in [0.1, 0.15) is 45.8 Å². The minimum atomic E-state index is -0.0719. The minimum absolute atomic E-state index is 0.00501. The van der Waals surface area contributed by atoms with Crippen molar-refractivity contribution < 1.29 is 18.7 Å². The average molecular weight is 336 g/mol. The summed E-state index contributed by atoms with van der Waals surface area (Å²) in [5.74, 6) is 0.657. The van der Waals surface area contributed by atoms with Crippen molar-refractivity contribution in [2.24, 2.45) is 0 Å². The molecule has 2 rings (SSSR count). The minimum Gasteiger partial charge on any atom is -0.467 e. The largest absolute Gasteiger partial charge is 0.467 e. The second-order valence-corrected chi connectivity index (χ2v) is 6.46. The average Bonchev–Trinajstić information content (AvgIpc) is 3.24. The van der Waals surface area contributed by atoms with Crippen LogP contribution in [0.25, 0.3) is 0 Å². The van der Waals surface area contributed by atoms with Crippen molar-refractivity contribution >= 4 is 11.8 Å². The predicted molar refractivity (Wildman–Crippen MR) is 90.2 cm³/mol. The molecule has 0 aromatic carbocycles. The van der Waals surface area contributed by atoms with Crippen molar-refractivity contribution in [1.29, 1.82) is 0 Å².